The number of nitrogens with zero attached hydrogens (tertiary/aromatic N) is 1. The molecule has 0 aromatic heterocycles. The summed E-state index contributed by atoms with van der Waals surface area (Å²) in [5.41, 5.74) is 9.58. The molecule has 5 N–H and O–H groups in total. The molecule has 0 saturated carbocycles. The minimum Gasteiger partial charge on any atom is -0.469 e. The van der Waals surface area contributed by atoms with Crippen molar-refractivity contribution in [3.63, 3.8) is 0 Å². The third-order valence-electron chi connectivity index (χ3n) is 6.39. The molecule has 1 aliphatic rings. The van der Waals surface area contributed by atoms with Gasteiger partial charge in [-0.25, -0.2) is 13.6 Å². The van der Waals surface area contributed by atoms with Crippen molar-refractivity contribution in [3.8, 4) is 11.1 Å². The zero-order chi connectivity index (χ0) is 25.2. The number of amidine groups is 1. The number of ether oxygens (including phenoxy) is 1. The maximum absolute atomic E-state index is 12.6. The zero-order valence-electron chi connectivity index (χ0n) is 19.3. The third kappa shape index (κ3) is 5.43. The minimum absolute atomic E-state index is 0.0135. The van der Waals surface area contributed by atoms with Crippen LogP contribution in [-0.2, 0) is 26.1 Å². The van der Waals surface area contributed by atoms with Gasteiger partial charge in [-0.2, -0.15) is 0 Å². The highest BCUT2D eigenvalue weighted by Gasteiger charge is 2.39. The molecule has 8 nitrogen and oxygen atoms in total. The molecular formula is C26H28N4O4S. The van der Waals surface area contributed by atoms with Crippen LogP contribution in [0.15, 0.2) is 77.7 Å². The summed E-state index contributed by atoms with van der Waals surface area (Å²) in [4.78, 5) is 14.8. The van der Waals surface area contributed by atoms with Gasteiger partial charge in [0.15, 0.2) is 0 Å². The molecule has 1 aliphatic heterocycles. The van der Waals surface area contributed by atoms with E-state index in [2.05, 4.69) is 4.90 Å². The van der Waals surface area contributed by atoms with E-state index >= 15 is 0 Å². The lowest BCUT2D eigenvalue weighted by atomic mass is 9.88. The summed E-state index contributed by atoms with van der Waals surface area (Å²) in [6.07, 6.45) is 0. The van der Waals surface area contributed by atoms with Crippen LogP contribution in [0.2, 0.25) is 0 Å². The number of esters is 1. The summed E-state index contributed by atoms with van der Waals surface area (Å²) in [5.74, 6) is -0.688. The van der Waals surface area contributed by atoms with Crippen molar-refractivity contribution < 1.29 is 17.9 Å². The highest BCUT2D eigenvalue weighted by molar-refractivity contribution is 7.89. The number of methoxy groups -OCH3 is 1. The maximum Gasteiger partial charge on any atom is 0.310 e. The van der Waals surface area contributed by atoms with Gasteiger partial charge in [-0.3, -0.25) is 15.1 Å². The smallest absolute Gasteiger partial charge is 0.310 e. The lowest BCUT2D eigenvalue weighted by molar-refractivity contribution is -0.145. The van der Waals surface area contributed by atoms with Crippen molar-refractivity contribution in [1.82, 2.24) is 4.90 Å². The maximum atomic E-state index is 12.6. The van der Waals surface area contributed by atoms with Crippen LogP contribution in [0.1, 0.15) is 22.6 Å². The molecule has 182 valence electrons. The number of sulfonamides is 1. The Balaban J connectivity index is 1.55. The van der Waals surface area contributed by atoms with Crippen LogP contribution < -0.4 is 10.9 Å². The normalized spacial score (nSPS) is 18.3. The number of rotatable bonds is 7. The molecule has 35 heavy (non-hydrogen) atoms. The van der Waals surface area contributed by atoms with Crippen molar-refractivity contribution >= 4 is 21.8 Å². The average Bonchev–Trinajstić information content (AvgIpc) is 3.27. The van der Waals surface area contributed by atoms with E-state index in [0.717, 1.165) is 16.7 Å². The van der Waals surface area contributed by atoms with E-state index in [-0.39, 0.29) is 28.5 Å². The van der Waals surface area contributed by atoms with Crippen molar-refractivity contribution in [2.24, 2.45) is 16.8 Å². The summed E-state index contributed by atoms with van der Waals surface area (Å²) >= 11 is 0. The molecule has 0 amide bonds. The van der Waals surface area contributed by atoms with Gasteiger partial charge in [0.25, 0.3) is 0 Å². The lowest BCUT2D eigenvalue weighted by Gasteiger charge is -2.17. The van der Waals surface area contributed by atoms with Crippen LogP contribution in [0, 0.1) is 11.3 Å². The predicted octanol–water partition coefficient (Wildman–Crippen LogP) is 2.67. The molecule has 1 fully saturated rings. The molecule has 0 bridgehead atoms. The first-order chi connectivity index (χ1) is 16.7. The van der Waals surface area contributed by atoms with Gasteiger partial charge >= 0.3 is 5.97 Å². The van der Waals surface area contributed by atoms with E-state index in [1.165, 1.54) is 13.2 Å². The molecule has 2 atom stereocenters. The van der Waals surface area contributed by atoms with Crippen molar-refractivity contribution in [2.75, 3.05) is 20.2 Å². The molecule has 0 radical (unpaired) electrons. The highest BCUT2D eigenvalue weighted by Crippen LogP contribution is 2.35. The number of hydrogen-bond acceptors (Lipinski definition) is 6. The molecule has 0 spiro atoms. The number of nitrogens with two attached hydrogens (primary N) is 2. The first-order valence-corrected chi connectivity index (χ1v) is 12.7. The number of hydrogen-bond donors (Lipinski definition) is 3. The SMILES string of the molecule is COC(=O)[C@@H]1CN(Cc2ccc(-c3ccccc3S(N)(=O)=O)cc2)C[C@H]1c1cccc(C(=N)N)c1. The van der Waals surface area contributed by atoms with Gasteiger partial charge in [-0.05, 0) is 28.8 Å². The summed E-state index contributed by atoms with van der Waals surface area (Å²) in [6.45, 7) is 1.81. The van der Waals surface area contributed by atoms with Crippen molar-refractivity contribution in [1.29, 1.82) is 5.41 Å². The Morgan fingerprint density at radius 3 is 2.43 bits per heavy atom. The Kier molecular flexibility index (Phi) is 7.02. The third-order valence-corrected chi connectivity index (χ3v) is 7.36. The summed E-state index contributed by atoms with van der Waals surface area (Å²) in [6, 6.07) is 21.7. The van der Waals surface area contributed by atoms with Gasteiger partial charge in [-0.1, -0.05) is 60.7 Å². The Hall–Kier alpha value is -3.53. The molecule has 3 aromatic carbocycles. The number of benzene rings is 3. The summed E-state index contributed by atoms with van der Waals surface area (Å²) in [7, 11) is -2.45. The molecule has 1 heterocycles. The van der Waals surface area contributed by atoms with Crippen LogP contribution in [-0.4, -0.2) is 45.3 Å². The Morgan fingerprint density at radius 1 is 1.06 bits per heavy atom. The number of primary sulfonamides is 1. The van der Waals surface area contributed by atoms with Gasteiger partial charge in [0.1, 0.15) is 5.84 Å². The van der Waals surface area contributed by atoms with E-state index in [1.807, 2.05) is 42.5 Å². The lowest BCUT2D eigenvalue weighted by Crippen LogP contribution is -2.24. The molecule has 0 aliphatic carbocycles. The van der Waals surface area contributed by atoms with Crippen LogP contribution in [0.25, 0.3) is 11.1 Å². The molecular weight excluding hydrogens is 464 g/mol. The second-order valence-corrected chi connectivity index (χ2v) is 10.2. The summed E-state index contributed by atoms with van der Waals surface area (Å²) in [5, 5.41) is 13.1. The molecule has 9 heteroatoms. The highest BCUT2D eigenvalue weighted by atomic mass is 32.2. The van der Waals surface area contributed by atoms with E-state index in [4.69, 9.17) is 21.0 Å². The van der Waals surface area contributed by atoms with E-state index in [9.17, 15) is 13.2 Å². The molecule has 3 aromatic rings. The fourth-order valence-electron chi connectivity index (χ4n) is 4.68. The van der Waals surface area contributed by atoms with Gasteiger partial charge in [0.05, 0.1) is 17.9 Å². The quantitative estimate of drug-likeness (QED) is 0.263. The first-order valence-electron chi connectivity index (χ1n) is 11.1. The summed E-state index contributed by atoms with van der Waals surface area (Å²) < 4.78 is 29.0. The number of carbonyl (C=O) groups excluding carboxylic acids is 1. The molecule has 0 unspecified atom stereocenters. The van der Waals surface area contributed by atoms with Gasteiger partial charge in [0.2, 0.25) is 10.0 Å². The Bertz CT molecular complexity index is 1360. The van der Waals surface area contributed by atoms with Gasteiger partial charge in [0, 0.05) is 36.7 Å². The number of nitrogens with one attached hydrogen (secondary N) is 1. The fourth-order valence-corrected chi connectivity index (χ4v) is 5.44. The van der Waals surface area contributed by atoms with E-state index in [0.29, 0.717) is 30.8 Å². The van der Waals surface area contributed by atoms with Gasteiger partial charge < -0.3 is 10.5 Å². The van der Waals surface area contributed by atoms with Crippen LogP contribution in [0.4, 0.5) is 0 Å². The monoisotopic (exact) mass is 492 g/mol. The number of carbonyl (C=O) groups is 1. The number of likely N-dealkylation sites (tertiary alicyclic amines) is 1. The number of nitrogen functional groups attached to an aromatic ring is 1. The van der Waals surface area contributed by atoms with Crippen LogP contribution in [0.3, 0.4) is 0 Å². The largest absolute Gasteiger partial charge is 0.469 e. The topological polar surface area (TPSA) is 140 Å². The second-order valence-electron chi connectivity index (χ2n) is 8.71. The van der Waals surface area contributed by atoms with Gasteiger partial charge in [-0.15, -0.1) is 0 Å². The fraction of sp³-hybridized carbons (Fsp3) is 0.231. The van der Waals surface area contributed by atoms with Crippen molar-refractivity contribution in [3.05, 3.63) is 89.5 Å². The molecule has 1 saturated heterocycles. The zero-order valence-corrected chi connectivity index (χ0v) is 20.2. The van der Waals surface area contributed by atoms with E-state index < -0.39 is 10.0 Å². The van der Waals surface area contributed by atoms with Crippen LogP contribution in [0.5, 0.6) is 0 Å². The minimum atomic E-state index is -3.84. The van der Waals surface area contributed by atoms with Crippen LogP contribution >= 0.6 is 0 Å². The average molecular weight is 493 g/mol. The predicted molar refractivity (Wildman–Crippen MR) is 134 cm³/mol. The second kappa shape index (κ2) is 9.99. The Morgan fingerprint density at radius 2 is 1.77 bits per heavy atom. The Labute approximate surface area is 205 Å². The van der Waals surface area contributed by atoms with E-state index in [1.54, 1.807) is 24.3 Å². The first kappa shape index (κ1) is 24.6. The standard InChI is InChI=1S/C26H28N4O4S/c1-34-26(31)23-16-30(15-22(23)19-5-4-6-20(13-19)25(27)28)14-17-9-11-18(12-10-17)21-7-2-3-8-24(21)35(29,32)33/h2-13,22-23H,14-16H2,1H3,(H3,27,28)(H2,29,32,33)/t22-,23+/m0/s1. The molecule has 4 rings (SSSR count). The van der Waals surface area contributed by atoms with Crippen molar-refractivity contribution in [2.45, 2.75) is 17.4 Å².